The summed E-state index contributed by atoms with van der Waals surface area (Å²) in [5.41, 5.74) is 0. The molecule has 0 bridgehead atoms. The van der Waals surface area contributed by atoms with Crippen LogP contribution in [0.4, 0.5) is 0 Å². The van der Waals surface area contributed by atoms with E-state index in [0.717, 1.165) is 0 Å². The first kappa shape index (κ1) is 2.67. The lowest BCUT2D eigenvalue weighted by Gasteiger charge is -2.25. The van der Waals surface area contributed by atoms with E-state index in [4.69, 9.17) is 10.2 Å². The van der Waals surface area contributed by atoms with Gasteiger partial charge in [-0.2, -0.15) is 0 Å². The first-order valence-corrected chi connectivity index (χ1v) is 2.63. The van der Waals surface area contributed by atoms with Crippen molar-refractivity contribution in [3.05, 3.63) is 0 Å². The van der Waals surface area contributed by atoms with Gasteiger partial charge in [0.05, 0.1) is 13.6 Å². The van der Waals surface area contributed by atoms with Crippen LogP contribution >= 0.6 is 0 Å². The summed E-state index contributed by atoms with van der Waals surface area (Å²) >= 11 is 0. The van der Waals surface area contributed by atoms with E-state index in [2.05, 4.69) is 5.32 Å². The summed E-state index contributed by atoms with van der Waals surface area (Å²) in [5.74, 6) is 0. The molecule has 1 rings (SSSR count). The fourth-order valence-electron chi connectivity index (χ4n) is 0.603. The summed E-state index contributed by atoms with van der Waals surface area (Å²) in [4.78, 5) is 0. The Labute approximate surface area is 55.8 Å². The Hall–Kier alpha value is -0.0800. The number of ether oxygens (including phenoxy) is 1. The Balaban J connectivity index is 2.76. The third kappa shape index (κ3) is 1.46. The molecule has 0 aromatic carbocycles. The molecule has 2 nitrogen and oxygen atoms in total. The van der Waals surface area contributed by atoms with Gasteiger partial charge in [-0.15, -0.1) is 0 Å². The molecule has 0 aliphatic carbocycles. The fraction of sp³-hybridized carbons (Fsp3) is 1.00. The van der Waals surface area contributed by atoms with Crippen LogP contribution in [0, 0.1) is 0 Å². The van der Waals surface area contributed by atoms with Gasteiger partial charge in [-0.05, 0) is 13.8 Å². The van der Waals surface area contributed by atoms with Crippen molar-refractivity contribution in [3.63, 3.8) is 0 Å². The second kappa shape index (κ2) is 2.46. The Bertz CT molecular complexity index is 164. The summed E-state index contributed by atoms with van der Waals surface area (Å²) in [7, 11) is 0. The molecule has 0 aromatic heterocycles. The smallest absolute Gasteiger partial charge is 0.0675 e. The van der Waals surface area contributed by atoms with Gasteiger partial charge in [0.15, 0.2) is 0 Å². The van der Waals surface area contributed by atoms with Crippen LogP contribution in [0.25, 0.3) is 0 Å². The van der Waals surface area contributed by atoms with Gasteiger partial charge in [-0.1, -0.05) is 0 Å². The molecule has 0 aromatic rings. The molecule has 0 spiro atoms. The van der Waals surface area contributed by atoms with Crippen LogP contribution in [0.2, 0.25) is 0 Å². The Kier molecular flexibility index (Phi) is 0.822. The third-order valence-electron chi connectivity index (χ3n) is 0.925. The Morgan fingerprint density at radius 2 is 2.62 bits per heavy atom. The maximum Gasteiger partial charge on any atom is 0.0675 e. The molecule has 48 valence electrons. The molecule has 3 unspecified atom stereocenters. The molecule has 3 atom stereocenters. The maximum atomic E-state index is 7.50. The van der Waals surface area contributed by atoms with Crippen molar-refractivity contribution in [1.29, 1.82) is 0 Å². The monoisotopic (exact) mass is 119 g/mol. The zero-order valence-corrected chi connectivity index (χ0v) is 5.06. The van der Waals surface area contributed by atoms with Gasteiger partial charge in [0.1, 0.15) is 0 Å². The number of nitrogens with one attached hydrogen (secondary N) is 1. The largest absolute Gasteiger partial charge is 0.373 e. The zero-order valence-electron chi connectivity index (χ0n) is 9.06. The van der Waals surface area contributed by atoms with Crippen molar-refractivity contribution in [1.82, 2.24) is 5.32 Å². The quantitative estimate of drug-likeness (QED) is 0.498. The highest BCUT2D eigenvalue weighted by Crippen LogP contribution is 2.00. The molecule has 0 saturated carbocycles. The van der Waals surface area contributed by atoms with Crippen LogP contribution in [0.3, 0.4) is 0 Å². The zero-order chi connectivity index (χ0) is 9.57. The van der Waals surface area contributed by atoms with E-state index in [9.17, 15) is 0 Å². The predicted molar refractivity (Wildman–Crippen MR) is 32.9 cm³/mol. The van der Waals surface area contributed by atoms with Crippen LogP contribution in [-0.2, 0) is 4.74 Å². The van der Waals surface area contributed by atoms with Crippen molar-refractivity contribution >= 4 is 0 Å². The standard InChI is InChI=1S/C6H13NO/c1-5-3-7-4-6(2)8-5/h5-7H,3-4H2,1-2H3/i3D,4D2,5D. The van der Waals surface area contributed by atoms with Gasteiger partial charge in [0, 0.05) is 17.1 Å². The first-order valence-electron chi connectivity index (χ1n) is 4.71. The highest BCUT2D eigenvalue weighted by atomic mass is 16.5. The fourth-order valence-corrected chi connectivity index (χ4v) is 0.603. The van der Waals surface area contributed by atoms with Gasteiger partial charge in [0.25, 0.3) is 0 Å². The lowest BCUT2D eigenvalue weighted by atomic mass is 10.3. The molecule has 8 heavy (non-hydrogen) atoms. The van der Waals surface area contributed by atoms with Crippen molar-refractivity contribution in [2.24, 2.45) is 0 Å². The topological polar surface area (TPSA) is 21.3 Å². The van der Waals surface area contributed by atoms with Gasteiger partial charge in [-0.25, -0.2) is 0 Å². The van der Waals surface area contributed by atoms with Gasteiger partial charge in [0.2, 0.25) is 0 Å². The van der Waals surface area contributed by atoms with Crippen molar-refractivity contribution in [3.8, 4) is 0 Å². The summed E-state index contributed by atoms with van der Waals surface area (Å²) in [6.45, 7) is 0.228. The number of hydrogen-bond acceptors (Lipinski definition) is 2. The van der Waals surface area contributed by atoms with Crippen LogP contribution < -0.4 is 5.32 Å². The van der Waals surface area contributed by atoms with Gasteiger partial charge in [-0.3, -0.25) is 0 Å². The first-order chi connectivity index (χ1) is 5.26. The van der Waals surface area contributed by atoms with E-state index in [1.54, 1.807) is 6.92 Å². The van der Waals surface area contributed by atoms with Crippen molar-refractivity contribution in [2.75, 3.05) is 13.0 Å². The molecular formula is C6H13NO. The van der Waals surface area contributed by atoms with Crippen molar-refractivity contribution < 1.29 is 10.2 Å². The average Bonchev–Trinajstić information content (AvgIpc) is 1.82. The maximum absolute atomic E-state index is 7.50. The highest BCUT2D eigenvalue weighted by Gasteiger charge is 2.12. The van der Waals surface area contributed by atoms with Crippen molar-refractivity contribution in [2.45, 2.75) is 26.0 Å². The molecule has 1 aliphatic rings. The third-order valence-corrected chi connectivity index (χ3v) is 0.925. The van der Waals surface area contributed by atoms with Crippen LogP contribution in [0.15, 0.2) is 0 Å². The van der Waals surface area contributed by atoms with Crippen LogP contribution in [0.5, 0.6) is 0 Å². The number of morpholine rings is 1. The van der Waals surface area contributed by atoms with E-state index in [1.807, 2.05) is 0 Å². The summed E-state index contributed by atoms with van der Waals surface area (Å²) in [6, 6.07) is 0. The van der Waals surface area contributed by atoms with Gasteiger partial charge >= 0.3 is 0 Å². The van der Waals surface area contributed by atoms with Crippen LogP contribution in [-0.4, -0.2) is 25.2 Å². The predicted octanol–water partition coefficient (Wildman–Crippen LogP) is 0.383. The minimum atomic E-state index is -1.72. The van der Waals surface area contributed by atoms with E-state index < -0.39 is 25.2 Å². The lowest BCUT2D eigenvalue weighted by Crippen LogP contribution is -2.41. The molecule has 1 heterocycles. The molecule has 2 heteroatoms. The van der Waals surface area contributed by atoms with E-state index in [1.165, 1.54) is 6.92 Å². The molecule has 1 aliphatic heterocycles. The minimum absolute atomic E-state index is 0.707. The second-order valence-corrected chi connectivity index (χ2v) is 1.80. The number of rotatable bonds is 0. The molecule has 1 fully saturated rings. The number of hydrogen-bond donors (Lipinski definition) is 1. The summed E-state index contributed by atoms with van der Waals surface area (Å²) < 4.78 is 34.6. The van der Waals surface area contributed by atoms with E-state index in [-0.39, 0.29) is 0 Å². The van der Waals surface area contributed by atoms with E-state index >= 15 is 0 Å². The SMILES string of the molecule is [2H]C1NC([2H])([2H])C(C)OC1([2H])C. The lowest BCUT2D eigenvalue weighted by molar-refractivity contribution is -0.0166. The summed E-state index contributed by atoms with van der Waals surface area (Å²) in [6.07, 6.45) is -2.08. The molecular weight excluding hydrogens is 102 g/mol. The Morgan fingerprint density at radius 3 is 3.25 bits per heavy atom. The molecule has 1 saturated heterocycles. The summed E-state index contributed by atoms with van der Waals surface area (Å²) in [5, 5.41) is 2.38. The molecule has 0 radical (unpaired) electrons. The van der Waals surface area contributed by atoms with Gasteiger partial charge < -0.3 is 10.1 Å². The Morgan fingerprint density at radius 1 is 1.88 bits per heavy atom. The highest BCUT2D eigenvalue weighted by molar-refractivity contribution is 4.66. The van der Waals surface area contributed by atoms with E-state index in [0.29, 0.717) is 0 Å². The van der Waals surface area contributed by atoms with Crippen LogP contribution in [0.1, 0.15) is 19.3 Å². The average molecular weight is 119 g/mol. The minimum Gasteiger partial charge on any atom is -0.373 e. The normalized spacial score (nSPS) is 71.8. The molecule has 1 N–H and O–H groups in total. The second-order valence-electron chi connectivity index (χ2n) is 1.80. The molecule has 0 amide bonds.